The second-order valence-electron chi connectivity index (χ2n) is 3.02. The Kier molecular flexibility index (Phi) is 2.80. The molecule has 16 heavy (non-hydrogen) atoms. The third-order valence-corrected chi connectivity index (χ3v) is 2.76. The van der Waals surface area contributed by atoms with Crippen molar-refractivity contribution in [2.24, 2.45) is 0 Å². The predicted octanol–water partition coefficient (Wildman–Crippen LogP) is 3.29. The molecular formula is C9H5Cl2N3O2. The van der Waals surface area contributed by atoms with Gasteiger partial charge >= 0.3 is 5.69 Å². The Morgan fingerprint density at radius 2 is 2.06 bits per heavy atom. The number of H-pyrrole nitrogens is 1. The number of benzene rings is 1. The number of rotatable bonds is 2. The lowest BCUT2D eigenvalue weighted by Gasteiger charge is -2.00. The Labute approximate surface area is 100 Å². The van der Waals surface area contributed by atoms with Gasteiger partial charge in [0.25, 0.3) is 0 Å². The van der Waals surface area contributed by atoms with Gasteiger partial charge in [0.05, 0.1) is 15.0 Å². The van der Waals surface area contributed by atoms with Crippen LogP contribution < -0.4 is 0 Å². The van der Waals surface area contributed by atoms with Gasteiger partial charge in [0.1, 0.15) is 11.9 Å². The summed E-state index contributed by atoms with van der Waals surface area (Å²) in [6, 6.07) is 4.75. The minimum atomic E-state index is -0.513. The van der Waals surface area contributed by atoms with Crippen molar-refractivity contribution in [3.8, 4) is 11.3 Å². The third-order valence-electron chi connectivity index (χ3n) is 2.02. The van der Waals surface area contributed by atoms with Crippen LogP contribution in [0.1, 0.15) is 0 Å². The molecule has 0 atom stereocenters. The van der Waals surface area contributed by atoms with Crippen LogP contribution in [0.25, 0.3) is 11.3 Å². The van der Waals surface area contributed by atoms with Crippen LogP contribution in [0.4, 0.5) is 5.69 Å². The number of hydrogen-bond donors (Lipinski definition) is 1. The van der Waals surface area contributed by atoms with Gasteiger partial charge in [-0.2, -0.15) is 5.10 Å². The molecule has 82 valence electrons. The molecule has 0 bridgehead atoms. The first-order valence-electron chi connectivity index (χ1n) is 4.23. The van der Waals surface area contributed by atoms with Crippen LogP contribution in [0.2, 0.25) is 10.0 Å². The minimum Gasteiger partial charge on any atom is -0.271 e. The van der Waals surface area contributed by atoms with Gasteiger partial charge in [-0.25, -0.2) is 0 Å². The number of aromatic nitrogens is 2. The summed E-state index contributed by atoms with van der Waals surface area (Å²) < 4.78 is 0. The lowest BCUT2D eigenvalue weighted by atomic mass is 10.1. The quantitative estimate of drug-likeness (QED) is 0.663. The van der Waals surface area contributed by atoms with Gasteiger partial charge in [-0.05, 0) is 12.1 Å². The molecule has 0 aliphatic rings. The van der Waals surface area contributed by atoms with Crippen LogP contribution in [0, 0.1) is 10.1 Å². The highest BCUT2D eigenvalue weighted by molar-refractivity contribution is 6.42. The Bertz CT molecular complexity index is 553. The normalized spacial score (nSPS) is 10.4. The van der Waals surface area contributed by atoms with Crippen LogP contribution in [0.3, 0.4) is 0 Å². The molecule has 0 aliphatic heterocycles. The number of nitrogens with one attached hydrogen (secondary N) is 1. The summed E-state index contributed by atoms with van der Waals surface area (Å²) in [5, 5.41) is 17.6. The van der Waals surface area contributed by atoms with Gasteiger partial charge in [-0.15, -0.1) is 0 Å². The van der Waals surface area contributed by atoms with Crippen molar-refractivity contribution in [1.29, 1.82) is 0 Å². The first-order valence-corrected chi connectivity index (χ1v) is 4.98. The number of hydrogen-bond acceptors (Lipinski definition) is 3. The summed E-state index contributed by atoms with van der Waals surface area (Å²) in [6.07, 6.45) is 1.15. The monoisotopic (exact) mass is 257 g/mol. The van der Waals surface area contributed by atoms with Crippen LogP contribution in [-0.2, 0) is 0 Å². The van der Waals surface area contributed by atoms with Crippen molar-refractivity contribution in [3.05, 3.63) is 44.6 Å². The molecule has 0 aliphatic carbocycles. The average molecular weight is 258 g/mol. The molecule has 0 amide bonds. The highest BCUT2D eigenvalue weighted by atomic mass is 35.5. The van der Waals surface area contributed by atoms with E-state index in [4.69, 9.17) is 23.2 Å². The molecule has 1 aromatic carbocycles. The van der Waals surface area contributed by atoms with Gasteiger partial charge in [0.2, 0.25) is 0 Å². The predicted molar refractivity (Wildman–Crippen MR) is 60.7 cm³/mol. The van der Waals surface area contributed by atoms with Crippen molar-refractivity contribution in [2.75, 3.05) is 0 Å². The van der Waals surface area contributed by atoms with Gasteiger partial charge in [0.15, 0.2) is 0 Å². The Morgan fingerprint density at radius 3 is 2.69 bits per heavy atom. The van der Waals surface area contributed by atoms with Crippen LogP contribution in [0.15, 0.2) is 24.4 Å². The number of aromatic amines is 1. The summed E-state index contributed by atoms with van der Waals surface area (Å²) in [4.78, 5) is 10.2. The van der Waals surface area contributed by atoms with E-state index < -0.39 is 4.92 Å². The highest BCUT2D eigenvalue weighted by Gasteiger charge is 2.18. The average Bonchev–Trinajstić information content (AvgIpc) is 2.71. The number of nitro groups is 1. The molecule has 0 radical (unpaired) electrons. The summed E-state index contributed by atoms with van der Waals surface area (Å²) in [6.45, 7) is 0. The second kappa shape index (κ2) is 4.11. The fraction of sp³-hybridized carbons (Fsp3) is 0. The van der Waals surface area contributed by atoms with E-state index in [0.29, 0.717) is 21.3 Å². The van der Waals surface area contributed by atoms with Crippen molar-refractivity contribution < 1.29 is 4.92 Å². The molecule has 0 fully saturated rings. The zero-order chi connectivity index (χ0) is 11.7. The zero-order valence-electron chi connectivity index (χ0n) is 7.78. The standard InChI is InChI=1S/C9H5Cl2N3O2/c10-6-2-1-5(3-7(6)11)9-8(14(15)16)4-12-13-9/h1-4H,(H,12,13). The second-order valence-corrected chi connectivity index (χ2v) is 3.83. The minimum absolute atomic E-state index is 0.0987. The molecule has 7 heteroatoms. The lowest BCUT2D eigenvalue weighted by Crippen LogP contribution is -1.89. The van der Waals surface area contributed by atoms with Crippen molar-refractivity contribution in [2.45, 2.75) is 0 Å². The SMILES string of the molecule is O=[N+]([O-])c1cn[nH]c1-c1ccc(Cl)c(Cl)c1. The summed E-state index contributed by atoms with van der Waals surface area (Å²) >= 11 is 11.6. The van der Waals surface area contributed by atoms with Crippen LogP contribution in [-0.4, -0.2) is 15.1 Å². The molecular weight excluding hydrogens is 253 g/mol. The maximum Gasteiger partial charge on any atom is 0.314 e. The molecule has 5 nitrogen and oxygen atoms in total. The molecule has 1 aromatic heterocycles. The fourth-order valence-corrected chi connectivity index (χ4v) is 1.58. The summed E-state index contributed by atoms with van der Waals surface area (Å²) in [5.74, 6) is 0. The number of nitrogens with zero attached hydrogens (tertiary/aromatic N) is 2. The lowest BCUT2D eigenvalue weighted by molar-refractivity contribution is -0.384. The molecule has 2 rings (SSSR count). The van der Waals surface area contributed by atoms with Crippen molar-refractivity contribution in [3.63, 3.8) is 0 Å². The summed E-state index contributed by atoms with van der Waals surface area (Å²) in [5.41, 5.74) is 0.778. The van der Waals surface area contributed by atoms with Crippen molar-refractivity contribution in [1.82, 2.24) is 10.2 Å². The molecule has 2 aromatic rings. The smallest absolute Gasteiger partial charge is 0.271 e. The highest BCUT2D eigenvalue weighted by Crippen LogP contribution is 2.31. The number of halogens is 2. The molecule has 0 spiro atoms. The van der Waals surface area contributed by atoms with Crippen LogP contribution in [0.5, 0.6) is 0 Å². The first kappa shape index (κ1) is 10.9. The van der Waals surface area contributed by atoms with E-state index >= 15 is 0 Å². The van der Waals surface area contributed by atoms with E-state index in [-0.39, 0.29) is 5.69 Å². The van der Waals surface area contributed by atoms with Crippen LogP contribution >= 0.6 is 23.2 Å². The van der Waals surface area contributed by atoms with Gasteiger partial charge in [-0.3, -0.25) is 15.2 Å². The molecule has 0 saturated heterocycles. The molecule has 1 heterocycles. The first-order chi connectivity index (χ1) is 7.59. The Morgan fingerprint density at radius 1 is 1.31 bits per heavy atom. The Hall–Kier alpha value is -1.59. The maximum atomic E-state index is 10.7. The van der Waals surface area contributed by atoms with E-state index in [0.717, 1.165) is 6.20 Å². The van der Waals surface area contributed by atoms with Gasteiger partial charge in [0, 0.05) is 5.56 Å². The zero-order valence-corrected chi connectivity index (χ0v) is 9.29. The largest absolute Gasteiger partial charge is 0.314 e. The summed E-state index contributed by atoms with van der Waals surface area (Å²) in [7, 11) is 0. The van der Waals surface area contributed by atoms with E-state index in [1.165, 1.54) is 0 Å². The van der Waals surface area contributed by atoms with Crippen molar-refractivity contribution >= 4 is 28.9 Å². The fourth-order valence-electron chi connectivity index (χ4n) is 1.28. The van der Waals surface area contributed by atoms with E-state index in [9.17, 15) is 10.1 Å². The Balaban J connectivity index is 2.54. The van der Waals surface area contributed by atoms with E-state index in [1.807, 2.05) is 0 Å². The molecule has 1 N–H and O–H groups in total. The van der Waals surface area contributed by atoms with E-state index in [1.54, 1.807) is 18.2 Å². The van der Waals surface area contributed by atoms with Gasteiger partial charge < -0.3 is 0 Å². The van der Waals surface area contributed by atoms with Gasteiger partial charge in [-0.1, -0.05) is 29.3 Å². The molecule has 0 saturated carbocycles. The van der Waals surface area contributed by atoms with E-state index in [2.05, 4.69) is 10.2 Å². The molecule has 0 unspecified atom stereocenters. The third kappa shape index (κ3) is 1.87. The topological polar surface area (TPSA) is 71.8 Å². The maximum absolute atomic E-state index is 10.7.